The molecule has 0 fully saturated rings. The molecule has 0 aromatic heterocycles. The van der Waals surface area contributed by atoms with E-state index in [4.69, 9.17) is 5.11 Å². The minimum atomic E-state index is 1.00. The summed E-state index contributed by atoms with van der Waals surface area (Å²) < 4.78 is 0. The van der Waals surface area contributed by atoms with Gasteiger partial charge in [-0.1, -0.05) is 74.6 Å². The Morgan fingerprint density at radius 1 is 0.944 bits per heavy atom. The van der Waals surface area contributed by atoms with Gasteiger partial charge in [-0.3, -0.25) is 0 Å². The fraction of sp³-hybridized carbons (Fsp3) is 0.294. The maximum atomic E-state index is 7.00. The molecule has 0 unspecified atom stereocenters. The van der Waals surface area contributed by atoms with Gasteiger partial charge in [0.25, 0.3) is 0 Å². The summed E-state index contributed by atoms with van der Waals surface area (Å²) in [6, 6.07) is 10.4. The second kappa shape index (κ2) is 15.4. The van der Waals surface area contributed by atoms with E-state index in [9.17, 15) is 0 Å². The van der Waals surface area contributed by atoms with Gasteiger partial charge in [-0.2, -0.15) is 0 Å². The number of hydrogen-bond acceptors (Lipinski definition) is 1. The Kier molecular flexibility index (Phi) is 16.0. The SMILES string of the molecule is CC.CO.C\C=C/C=C(\C=C/C)c1ccccc1. The van der Waals surface area contributed by atoms with Crippen LogP contribution in [0.15, 0.2) is 60.7 Å². The van der Waals surface area contributed by atoms with E-state index >= 15 is 0 Å². The summed E-state index contributed by atoms with van der Waals surface area (Å²) >= 11 is 0. The third-order valence-corrected chi connectivity index (χ3v) is 1.92. The predicted molar refractivity (Wildman–Crippen MR) is 83.5 cm³/mol. The lowest BCUT2D eigenvalue weighted by Gasteiger charge is -2.00. The van der Waals surface area contributed by atoms with E-state index in [-0.39, 0.29) is 0 Å². The molecular weight excluding hydrogens is 220 g/mol. The second-order valence-electron chi connectivity index (χ2n) is 3.01. The minimum Gasteiger partial charge on any atom is -0.400 e. The van der Waals surface area contributed by atoms with Gasteiger partial charge >= 0.3 is 0 Å². The maximum Gasteiger partial charge on any atom is 0.0319 e. The molecule has 18 heavy (non-hydrogen) atoms. The van der Waals surface area contributed by atoms with Crippen LogP contribution in [-0.4, -0.2) is 12.2 Å². The van der Waals surface area contributed by atoms with Crippen LogP contribution in [0.4, 0.5) is 0 Å². The molecule has 0 aliphatic heterocycles. The van der Waals surface area contributed by atoms with E-state index in [0.29, 0.717) is 0 Å². The number of aliphatic hydroxyl groups excluding tert-OH is 1. The van der Waals surface area contributed by atoms with Crippen molar-refractivity contribution in [1.29, 1.82) is 0 Å². The molecule has 0 aliphatic carbocycles. The van der Waals surface area contributed by atoms with Gasteiger partial charge in [-0.15, -0.1) is 0 Å². The Labute approximate surface area is 112 Å². The summed E-state index contributed by atoms with van der Waals surface area (Å²) in [5.74, 6) is 0. The third kappa shape index (κ3) is 8.54. The monoisotopic (exact) mass is 246 g/mol. The van der Waals surface area contributed by atoms with E-state index in [2.05, 4.69) is 48.6 Å². The van der Waals surface area contributed by atoms with Crippen LogP contribution in [0.2, 0.25) is 0 Å². The first-order valence-corrected chi connectivity index (χ1v) is 6.34. The first kappa shape index (κ1) is 18.8. The molecule has 0 saturated carbocycles. The van der Waals surface area contributed by atoms with Gasteiger partial charge in [-0.25, -0.2) is 0 Å². The first-order chi connectivity index (χ1) is 8.88. The van der Waals surface area contributed by atoms with Gasteiger partial charge in [0.2, 0.25) is 0 Å². The second-order valence-corrected chi connectivity index (χ2v) is 3.01. The highest BCUT2D eigenvalue weighted by Crippen LogP contribution is 2.15. The number of aliphatic hydroxyl groups is 1. The van der Waals surface area contributed by atoms with Crippen LogP contribution in [0.25, 0.3) is 5.57 Å². The molecule has 0 saturated heterocycles. The number of rotatable bonds is 3. The van der Waals surface area contributed by atoms with Gasteiger partial charge in [0.1, 0.15) is 0 Å². The summed E-state index contributed by atoms with van der Waals surface area (Å²) in [5.41, 5.74) is 2.50. The third-order valence-electron chi connectivity index (χ3n) is 1.92. The van der Waals surface area contributed by atoms with Crippen LogP contribution < -0.4 is 0 Å². The van der Waals surface area contributed by atoms with Gasteiger partial charge in [0.15, 0.2) is 0 Å². The average Bonchev–Trinajstić information content (AvgIpc) is 2.48. The maximum absolute atomic E-state index is 7.00. The summed E-state index contributed by atoms with van der Waals surface area (Å²) in [4.78, 5) is 0. The van der Waals surface area contributed by atoms with E-state index in [1.807, 2.05) is 39.8 Å². The Hall–Kier alpha value is -1.60. The zero-order valence-corrected chi connectivity index (χ0v) is 12.2. The lowest BCUT2D eigenvalue weighted by Crippen LogP contribution is -1.78. The molecule has 0 radical (unpaired) electrons. The first-order valence-electron chi connectivity index (χ1n) is 6.34. The van der Waals surface area contributed by atoms with Crippen molar-refractivity contribution < 1.29 is 5.11 Å². The number of benzene rings is 1. The molecule has 1 rings (SSSR count). The predicted octanol–water partition coefficient (Wildman–Crippen LogP) is 4.86. The largest absolute Gasteiger partial charge is 0.400 e. The summed E-state index contributed by atoms with van der Waals surface area (Å²) in [7, 11) is 1.00. The molecule has 0 atom stereocenters. The molecular formula is C17H26O. The van der Waals surface area contributed by atoms with Crippen molar-refractivity contribution in [2.75, 3.05) is 7.11 Å². The fourth-order valence-corrected chi connectivity index (χ4v) is 1.26. The Morgan fingerprint density at radius 2 is 1.50 bits per heavy atom. The van der Waals surface area contributed by atoms with Crippen LogP contribution in [0.1, 0.15) is 33.3 Å². The van der Waals surface area contributed by atoms with E-state index < -0.39 is 0 Å². The van der Waals surface area contributed by atoms with E-state index in [1.54, 1.807) is 0 Å². The standard InChI is InChI=1S/C14H16.C2H6.CH4O/c1-3-5-10-13(9-4-2)14-11-7-6-8-12-14;2*1-2/h3-12H,1-2H3;1-2H3;2H,1H3/b5-3-,9-4-,13-10+;;. The quantitative estimate of drug-likeness (QED) is 0.755. The molecule has 1 aromatic carbocycles. The highest BCUT2D eigenvalue weighted by Gasteiger charge is 1.93. The van der Waals surface area contributed by atoms with Crippen LogP contribution >= 0.6 is 0 Å². The smallest absolute Gasteiger partial charge is 0.0319 e. The zero-order valence-electron chi connectivity index (χ0n) is 12.2. The number of allylic oxidation sites excluding steroid dienone is 6. The minimum absolute atomic E-state index is 1.00. The summed E-state index contributed by atoms with van der Waals surface area (Å²) in [6.45, 7) is 8.06. The molecule has 1 heteroatoms. The molecule has 1 nitrogen and oxygen atoms in total. The molecule has 0 heterocycles. The summed E-state index contributed by atoms with van der Waals surface area (Å²) in [6.07, 6.45) is 10.4. The Bertz CT molecular complexity index is 345. The van der Waals surface area contributed by atoms with Crippen molar-refractivity contribution >= 4 is 5.57 Å². The van der Waals surface area contributed by atoms with Crippen molar-refractivity contribution in [3.8, 4) is 0 Å². The van der Waals surface area contributed by atoms with Crippen LogP contribution in [0.5, 0.6) is 0 Å². The van der Waals surface area contributed by atoms with Crippen LogP contribution in [-0.2, 0) is 0 Å². The van der Waals surface area contributed by atoms with E-state index in [0.717, 1.165) is 7.11 Å². The molecule has 0 amide bonds. The lowest BCUT2D eigenvalue weighted by atomic mass is 10.1. The molecule has 1 aromatic rings. The topological polar surface area (TPSA) is 20.2 Å². The van der Waals surface area contributed by atoms with Crippen molar-refractivity contribution in [1.82, 2.24) is 0 Å². The lowest BCUT2D eigenvalue weighted by molar-refractivity contribution is 0.399. The van der Waals surface area contributed by atoms with Crippen LogP contribution in [0.3, 0.4) is 0 Å². The summed E-state index contributed by atoms with van der Waals surface area (Å²) in [5, 5.41) is 7.00. The van der Waals surface area contributed by atoms with Gasteiger partial charge in [0, 0.05) is 7.11 Å². The average molecular weight is 246 g/mol. The fourth-order valence-electron chi connectivity index (χ4n) is 1.26. The van der Waals surface area contributed by atoms with Crippen LogP contribution in [0, 0.1) is 0 Å². The van der Waals surface area contributed by atoms with E-state index in [1.165, 1.54) is 11.1 Å². The molecule has 0 aliphatic rings. The molecule has 0 bridgehead atoms. The normalized spacial score (nSPS) is 10.7. The zero-order chi connectivity index (χ0) is 14.2. The highest BCUT2D eigenvalue weighted by atomic mass is 16.2. The Morgan fingerprint density at radius 3 is 1.94 bits per heavy atom. The van der Waals surface area contributed by atoms with Gasteiger partial charge < -0.3 is 5.11 Å². The highest BCUT2D eigenvalue weighted by molar-refractivity contribution is 5.74. The van der Waals surface area contributed by atoms with Crippen molar-refractivity contribution in [2.24, 2.45) is 0 Å². The molecule has 1 N–H and O–H groups in total. The molecule has 100 valence electrons. The Balaban J connectivity index is 0. The molecule has 0 spiro atoms. The van der Waals surface area contributed by atoms with Crippen molar-refractivity contribution in [2.45, 2.75) is 27.7 Å². The van der Waals surface area contributed by atoms with Crippen molar-refractivity contribution in [3.05, 3.63) is 66.3 Å². The number of hydrogen-bond donors (Lipinski definition) is 1. The van der Waals surface area contributed by atoms with Gasteiger partial charge in [-0.05, 0) is 25.0 Å². The van der Waals surface area contributed by atoms with Crippen molar-refractivity contribution in [3.63, 3.8) is 0 Å². The van der Waals surface area contributed by atoms with Gasteiger partial charge in [0.05, 0.1) is 0 Å².